The molecule has 0 aliphatic carbocycles. The van der Waals surface area contributed by atoms with Crippen LogP contribution >= 0.6 is 0 Å². The summed E-state index contributed by atoms with van der Waals surface area (Å²) in [5.74, 6) is 0.0874. The lowest BCUT2D eigenvalue weighted by atomic mass is 10.1. The van der Waals surface area contributed by atoms with Gasteiger partial charge in [-0.3, -0.25) is 19.6 Å². The predicted molar refractivity (Wildman–Crippen MR) is 90.1 cm³/mol. The number of Topliss-reactive ketones (excluding diaryl/α,β-unsaturated/α-hetero) is 1. The molecule has 1 N–H and O–H groups in total. The second kappa shape index (κ2) is 6.11. The van der Waals surface area contributed by atoms with E-state index < -0.39 is 0 Å². The van der Waals surface area contributed by atoms with E-state index >= 15 is 0 Å². The molecule has 3 rings (SSSR count). The van der Waals surface area contributed by atoms with Crippen LogP contribution in [0, 0.1) is 6.92 Å². The molecule has 2 aromatic rings. The van der Waals surface area contributed by atoms with Crippen LogP contribution in [-0.2, 0) is 19.9 Å². The van der Waals surface area contributed by atoms with E-state index in [1.807, 2.05) is 31.5 Å². The van der Waals surface area contributed by atoms with Crippen molar-refractivity contribution in [2.24, 2.45) is 0 Å². The van der Waals surface area contributed by atoms with Crippen LogP contribution in [-0.4, -0.2) is 33.2 Å². The SMILES string of the molecule is CC(=O)Nc1onc(C)c1-c1cc(C2CC(=O)CO2)n(C(C)(C)C)n1. The lowest BCUT2D eigenvalue weighted by molar-refractivity contribution is -0.118. The van der Waals surface area contributed by atoms with Crippen LogP contribution in [0.2, 0.25) is 0 Å². The van der Waals surface area contributed by atoms with E-state index in [0.29, 0.717) is 23.4 Å². The van der Waals surface area contributed by atoms with Gasteiger partial charge in [0.1, 0.15) is 18.4 Å². The molecule has 1 amide bonds. The molecule has 1 atom stereocenters. The van der Waals surface area contributed by atoms with Crippen molar-refractivity contribution in [3.8, 4) is 11.3 Å². The summed E-state index contributed by atoms with van der Waals surface area (Å²) in [6.45, 7) is 9.39. The summed E-state index contributed by atoms with van der Waals surface area (Å²) in [5, 5.41) is 11.3. The Morgan fingerprint density at radius 2 is 2.12 bits per heavy atom. The number of aryl methyl sites for hydroxylation is 1. The molecule has 134 valence electrons. The Morgan fingerprint density at radius 3 is 2.68 bits per heavy atom. The topological polar surface area (TPSA) is 99.3 Å². The number of carbonyl (C=O) groups is 2. The quantitative estimate of drug-likeness (QED) is 0.917. The van der Waals surface area contributed by atoms with E-state index in [4.69, 9.17) is 14.4 Å². The summed E-state index contributed by atoms with van der Waals surface area (Å²) in [6.07, 6.45) is 0.0138. The third-order valence-electron chi connectivity index (χ3n) is 3.97. The Kier molecular flexibility index (Phi) is 4.24. The monoisotopic (exact) mass is 346 g/mol. The Labute approximate surface area is 145 Å². The molecule has 0 saturated carbocycles. The van der Waals surface area contributed by atoms with Gasteiger partial charge < -0.3 is 9.26 Å². The summed E-state index contributed by atoms with van der Waals surface area (Å²) >= 11 is 0. The Hall–Kier alpha value is -2.48. The molecule has 1 saturated heterocycles. The zero-order valence-corrected chi connectivity index (χ0v) is 15.0. The Balaban J connectivity index is 2.10. The number of aromatic nitrogens is 3. The number of hydrogen-bond donors (Lipinski definition) is 1. The molecule has 2 aromatic heterocycles. The molecule has 3 heterocycles. The van der Waals surface area contributed by atoms with Gasteiger partial charge in [0.05, 0.1) is 22.5 Å². The molecule has 1 aliphatic heterocycles. The lowest BCUT2D eigenvalue weighted by Crippen LogP contribution is -2.26. The number of hydrogen-bond acceptors (Lipinski definition) is 6. The molecule has 1 aliphatic rings. The summed E-state index contributed by atoms with van der Waals surface area (Å²) < 4.78 is 12.7. The van der Waals surface area contributed by atoms with Gasteiger partial charge in [0, 0.05) is 13.3 Å². The molecule has 25 heavy (non-hydrogen) atoms. The first-order chi connectivity index (χ1) is 11.7. The number of amides is 1. The van der Waals surface area contributed by atoms with Gasteiger partial charge in [0.25, 0.3) is 0 Å². The van der Waals surface area contributed by atoms with Crippen molar-refractivity contribution >= 4 is 17.6 Å². The molecule has 8 nitrogen and oxygen atoms in total. The number of nitrogens with zero attached hydrogens (tertiary/aromatic N) is 3. The first-order valence-corrected chi connectivity index (χ1v) is 8.15. The van der Waals surface area contributed by atoms with Crippen LogP contribution in [0.15, 0.2) is 10.6 Å². The maximum atomic E-state index is 11.6. The van der Waals surface area contributed by atoms with Crippen LogP contribution in [0.5, 0.6) is 0 Å². The molecule has 0 bridgehead atoms. The van der Waals surface area contributed by atoms with E-state index in [0.717, 1.165) is 5.69 Å². The minimum absolute atomic E-state index is 0.0771. The average molecular weight is 346 g/mol. The van der Waals surface area contributed by atoms with Crippen LogP contribution < -0.4 is 5.32 Å². The molecular weight excluding hydrogens is 324 g/mol. The highest BCUT2D eigenvalue weighted by Crippen LogP contribution is 2.36. The smallest absolute Gasteiger partial charge is 0.241 e. The number of nitrogens with one attached hydrogen (secondary N) is 1. The summed E-state index contributed by atoms with van der Waals surface area (Å²) in [7, 11) is 0. The molecule has 0 radical (unpaired) electrons. The van der Waals surface area contributed by atoms with Crippen LogP contribution in [0.25, 0.3) is 11.3 Å². The van der Waals surface area contributed by atoms with Gasteiger partial charge in [-0.15, -0.1) is 0 Å². The van der Waals surface area contributed by atoms with E-state index in [9.17, 15) is 9.59 Å². The van der Waals surface area contributed by atoms with Crippen molar-refractivity contribution in [1.29, 1.82) is 0 Å². The fourth-order valence-corrected chi connectivity index (χ4v) is 2.91. The first-order valence-electron chi connectivity index (χ1n) is 8.15. The predicted octanol–water partition coefficient (Wildman–Crippen LogP) is 2.59. The molecule has 1 fully saturated rings. The number of anilines is 1. The maximum Gasteiger partial charge on any atom is 0.241 e. The normalized spacial score (nSPS) is 18.0. The second-order valence-corrected chi connectivity index (χ2v) is 7.23. The maximum absolute atomic E-state index is 11.6. The fourth-order valence-electron chi connectivity index (χ4n) is 2.91. The van der Waals surface area contributed by atoms with Gasteiger partial charge in [-0.05, 0) is 33.8 Å². The van der Waals surface area contributed by atoms with Gasteiger partial charge >= 0.3 is 0 Å². The highest BCUT2D eigenvalue weighted by Gasteiger charge is 2.32. The number of rotatable bonds is 3. The van der Waals surface area contributed by atoms with Gasteiger partial charge in [-0.2, -0.15) is 5.10 Å². The van der Waals surface area contributed by atoms with Crippen LogP contribution in [0.4, 0.5) is 5.88 Å². The Morgan fingerprint density at radius 1 is 1.40 bits per heavy atom. The minimum atomic E-state index is -0.322. The highest BCUT2D eigenvalue weighted by molar-refractivity contribution is 5.91. The van der Waals surface area contributed by atoms with Crippen molar-refractivity contribution in [2.75, 3.05) is 11.9 Å². The van der Waals surface area contributed by atoms with Gasteiger partial charge in [-0.1, -0.05) is 5.16 Å². The van der Waals surface area contributed by atoms with Gasteiger partial charge in [-0.25, -0.2) is 0 Å². The number of carbonyl (C=O) groups excluding carboxylic acids is 2. The molecular formula is C17H22N4O4. The fraction of sp³-hybridized carbons (Fsp3) is 0.529. The highest BCUT2D eigenvalue weighted by atomic mass is 16.5. The van der Waals surface area contributed by atoms with Crippen molar-refractivity contribution < 1.29 is 18.8 Å². The van der Waals surface area contributed by atoms with Crippen molar-refractivity contribution in [3.63, 3.8) is 0 Å². The zero-order valence-electron chi connectivity index (χ0n) is 15.0. The molecule has 1 unspecified atom stereocenters. The van der Waals surface area contributed by atoms with Crippen molar-refractivity contribution in [3.05, 3.63) is 17.5 Å². The lowest BCUT2D eigenvalue weighted by Gasteiger charge is -2.24. The van der Waals surface area contributed by atoms with Gasteiger partial charge in [0.15, 0.2) is 5.78 Å². The largest absolute Gasteiger partial charge is 0.364 e. The van der Waals surface area contributed by atoms with Crippen LogP contribution in [0.1, 0.15) is 51.6 Å². The van der Waals surface area contributed by atoms with Crippen molar-refractivity contribution in [1.82, 2.24) is 14.9 Å². The van der Waals surface area contributed by atoms with E-state index in [1.165, 1.54) is 6.92 Å². The van der Waals surface area contributed by atoms with E-state index in [2.05, 4.69) is 10.5 Å². The average Bonchev–Trinajstić information content (AvgIpc) is 3.16. The summed E-state index contributed by atoms with van der Waals surface area (Å²) in [4.78, 5) is 23.0. The zero-order chi connectivity index (χ0) is 18.4. The molecule has 0 spiro atoms. The summed E-state index contributed by atoms with van der Waals surface area (Å²) in [5.41, 5.74) is 2.39. The van der Waals surface area contributed by atoms with E-state index in [-0.39, 0.29) is 35.8 Å². The second-order valence-electron chi connectivity index (χ2n) is 7.23. The Bertz CT molecular complexity index is 828. The number of ether oxygens (including phenoxy) is 1. The first kappa shape index (κ1) is 17.3. The van der Waals surface area contributed by atoms with Crippen molar-refractivity contribution in [2.45, 2.75) is 52.7 Å². The minimum Gasteiger partial charge on any atom is -0.364 e. The standard InChI is InChI=1S/C17H22N4O4/c1-9-15(16(25-20-9)18-10(2)22)12-7-13(14-6-11(23)8-24-14)21(19-12)17(3,4)5/h7,14H,6,8H2,1-5H3,(H,18,22). The summed E-state index contributed by atoms with van der Waals surface area (Å²) in [6, 6.07) is 1.87. The third-order valence-corrected chi connectivity index (χ3v) is 3.97. The van der Waals surface area contributed by atoms with E-state index in [1.54, 1.807) is 6.92 Å². The van der Waals surface area contributed by atoms with Crippen LogP contribution in [0.3, 0.4) is 0 Å². The molecule has 8 heteroatoms. The van der Waals surface area contributed by atoms with Gasteiger partial charge in [0.2, 0.25) is 11.8 Å². The molecule has 0 aromatic carbocycles. The number of ketones is 1. The third kappa shape index (κ3) is 3.34.